The van der Waals surface area contributed by atoms with Crippen molar-refractivity contribution in [1.29, 1.82) is 0 Å². The minimum Gasteiger partial charge on any atom is -0.497 e. The molecule has 0 atom stereocenters. The SMILES string of the molecule is COc1ccc(CN(C)C(=O)c2ccc(N(Cc3c(Cl)cccc3Cl)S(C)(=O)=O)cc2)cc1. The van der Waals surface area contributed by atoms with Gasteiger partial charge in [-0.3, -0.25) is 9.10 Å². The van der Waals surface area contributed by atoms with Gasteiger partial charge in [0.1, 0.15) is 5.75 Å². The van der Waals surface area contributed by atoms with Gasteiger partial charge in [0.05, 0.1) is 25.6 Å². The van der Waals surface area contributed by atoms with Crippen LogP contribution in [0.25, 0.3) is 0 Å². The van der Waals surface area contributed by atoms with Crippen molar-refractivity contribution in [2.75, 3.05) is 24.7 Å². The highest BCUT2D eigenvalue weighted by molar-refractivity contribution is 7.92. The standard InChI is InChI=1S/C24H24Cl2N2O4S/c1-27(15-17-7-13-20(32-2)14-8-17)24(29)18-9-11-19(12-10-18)28(33(3,30)31)16-21-22(25)5-4-6-23(21)26/h4-14H,15-16H2,1-3H3. The highest BCUT2D eigenvalue weighted by atomic mass is 35.5. The van der Waals surface area contributed by atoms with Gasteiger partial charge in [0.25, 0.3) is 5.91 Å². The molecular weight excluding hydrogens is 483 g/mol. The molecule has 0 aliphatic rings. The van der Waals surface area contributed by atoms with Crippen LogP contribution in [0.15, 0.2) is 66.7 Å². The molecule has 0 saturated heterocycles. The predicted octanol–water partition coefficient (Wildman–Crippen LogP) is 5.24. The van der Waals surface area contributed by atoms with E-state index in [0.29, 0.717) is 33.4 Å². The van der Waals surface area contributed by atoms with E-state index in [1.54, 1.807) is 61.5 Å². The van der Waals surface area contributed by atoms with Crippen molar-refractivity contribution in [3.63, 3.8) is 0 Å². The molecule has 0 heterocycles. The number of hydrogen-bond acceptors (Lipinski definition) is 4. The van der Waals surface area contributed by atoms with Crippen LogP contribution in [0, 0.1) is 0 Å². The van der Waals surface area contributed by atoms with Crippen LogP contribution < -0.4 is 9.04 Å². The summed E-state index contributed by atoms with van der Waals surface area (Å²) in [5.41, 5.74) is 2.32. The van der Waals surface area contributed by atoms with E-state index >= 15 is 0 Å². The first kappa shape index (κ1) is 24.9. The Labute approximate surface area is 204 Å². The maximum Gasteiger partial charge on any atom is 0.253 e. The summed E-state index contributed by atoms with van der Waals surface area (Å²) in [7, 11) is -0.325. The zero-order valence-corrected chi connectivity index (χ0v) is 20.8. The van der Waals surface area contributed by atoms with E-state index in [0.717, 1.165) is 17.6 Å². The van der Waals surface area contributed by atoms with Gasteiger partial charge in [-0.25, -0.2) is 8.42 Å². The van der Waals surface area contributed by atoms with Crippen LogP contribution in [-0.4, -0.2) is 39.6 Å². The summed E-state index contributed by atoms with van der Waals surface area (Å²) in [5.74, 6) is 0.564. The van der Waals surface area contributed by atoms with Gasteiger partial charge in [-0.15, -0.1) is 0 Å². The first-order valence-corrected chi connectivity index (χ1v) is 12.6. The molecule has 6 nitrogen and oxygen atoms in total. The fourth-order valence-corrected chi connectivity index (χ4v) is 4.68. The summed E-state index contributed by atoms with van der Waals surface area (Å²) in [4.78, 5) is 14.5. The lowest BCUT2D eigenvalue weighted by atomic mass is 10.1. The number of rotatable bonds is 8. The minimum atomic E-state index is -3.64. The van der Waals surface area contributed by atoms with Crippen molar-refractivity contribution in [2.24, 2.45) is 0 Å². The second-order valence-electron chi connectivity index (χ2n) is 7.53. The molecule has 0 aliphatic carbocycles. The molecular formula is C24H24Cl2N2O4S. The molecule has 0 radical (unpaired) electrons. The number of carbonyl (C=O) groups is 1. The van der Waals surface area contributed by atoms with Crippen LogP contribution >= 0.6 is 23.2 Å². The van der Waals surface area contributed by atoms with E-state index in [1.165, 1.54) is 4.31 Å². The van der Waals surface area contributed by atoms with Gasteiger partial charge in [0, 0.05) is 34.8 Å². The number of carbonyl (C=O) groups excluding carboxylic acids is 1. The van der Waals surface area contributed by atoms with E-state index in [1.807, 2.05) is 24.3 Å². The lowest BCUT2D eigenvalue weighted by molar-refractivity contribution is 0.0785. The van der Waals surface area contributed by atoms with Crippen LogP contribution in [0.3, 0.4) is 0 Å². The van der Waals surface area contributed by atoms with Crippen molar-refractivity contribution in [1.82, 2.24) is 4.90 Å². The molecule has 9 heteroatoms. The molecule has 0 aliphatic heterocycles. The highest BCUT2D eigenvalue weighted by Crippen LogP contribution is 2.29. The van der Waals surface area contributed by atoms with Crippen molar-refractivity contribution < 1.29 is 17.9 Å². The summed E-state index contributed by atoms with van der Waals surface area (Å²) in [6, 6.07) is 18.9. The molecule has 0 bridgehead atoms. The topological polar surface area (TPSA) is 66.9 Å². The van der Waals surface area contributed by atoms with Gasteiger partial charge in [0.15, 0.2) is 0 Å². The van der Waals surface area contributed by atoms with Gasteiger partial charge in [0.2, 0.25) is 10.0 Å². The van der Waals surface area contributed by atoms with Crippen LogP contribution in [-0.2, 0) is 23.1 Å². The lowest BCUT2D eigenvalue weighted by Crippen LogP contribution is -2.30. The Morgan fingerprint density at radius 1 is 0.909 bits per heavy atom. The normalized spacial score (nSPS) is 11.2. The fourth-order valence-electron chi connectivity index (χ4n) is 3.29. The van der Waals surface area contributed by atoms with E-state index in [4.69, 9.17) is 27.9 Å². The summed E-state index contributed by atoms with van der Waals surface area (Å²) < 4.78 is 31.3. The average molecular weight is 507 g/mol. The van der Waals surface area contributed by atoms with E-state index < -0.39 is 10.0 Å². The first-order chi connectivity index (χ1) is 15.6. The second kappa shape index (κ2) is 10.5. The number of hydrogen-bond donors (Lipinski definition) is 0. The number of methoxy groups -OCH3 is 1. The third-order valence-corrected chi connectivity index (χ3v) is 6.94. The molecule has 0 N–H and O–H groups in total. The summed E-state index contributed by atoms with van der Waals surface area (Å²) in [6.07, 6.45) is 1.11. The fraction of sp³-hybridized carbons (Fsp3) is 0.208. The molecule has 3 aromatic rings. The molecule has 0 unspecified atom stereocenters. The van der Waals surface area contributed by atoms with Crippen LogP contribution in [0.5, 0.6) is 5.75 Å². The number of ether oxygens (including phenoxy) is 1. The van der Waals surface area contributed by atoms with Crippen molar-refractivity contribution in [2.45, 2.75) is 13.1 Å². The van der Waals surface area contributed by atoms with Gasteiger partial charge >= 0.3 is 0 Å². The van der Waals surface area contributed by atoms with Crippen LogP contribution in [0.2, 0.25) is 10.0 Å². The average Bonchev–Trinajstić information content (AvgIpc) is 2.78. The van der Waals surface area contributed by atoms with Crippen LogP contribution in [0.4, 0.5) is 5.69 Å². The number of halogens is 2. The monoisotopic (exact) mass is 506 g/mol. The second-order valence-corrected chi connectivity index (χ2v) is 10.2. The third kappa shape index (κ3) is 6.19. The van der Waals surface area contributed by atoms with Gasteiger partial charge < -0.3 is 9.64 Å². The number of sulfonamides is 1. The predicted molar refractivity (Wildman–Crippen MR) is 133 cm³/mol. The number of nitrogens with zero attached hydrogens (tertiary/aromatic N) is 2. The molecule has 3 aromatic carbocycles. The van der Waals surface area contributed by atoms with Crippen LogP contribution in [0.1, 0.15) is 21.5 Å². The molecule has 3 rings (SSSR count). The Hall–Kier alpha value is -2.74. The lowest BCUT2D eigenvalue weighted by Gasteiger charge is -2.24. The van der Waals surface area contributed by atoms with Crippen molar-refractivity contribution in [3.05, 3.63) is 93.5 Å². The zero-order chi connectivity index (χ0) is 24.2. The summed E-state index contributed by atoms with van der Waals surface area (Å²) in [6.45, 7) is 0.396. The molecule has 0 saturated carbocycles. The van der Waals surface area contributed by atoms with Gasteiger partial charge in [-0.2, -0.15) is 0 Å². The van der Waals surface area contributed by atoms with Gasteiger partial charge in [-0.05, 0) is 54.1 Å². The van der Waals surface area contributed by atoms with E-state index in [-0.39, 0.29) is 12.5 Å². The van der Waals surface area contributed by atoms with Crippen molar-refractivity contribution >= 4 is 44.8 Å². The zero-order valence-electron chi connectivity index (χ0n) is 18.5. The highest BCUT2D eigenvalue weighted by Gasteiger charge is 2.21. The maximum atomic E-state index is 12.9. The largest absolute Gasteiger partial charge is 0.497 e. The Morgan fingerprint density at radius 3 is 2.00 bits per heavy atom. The maximum absolute atomic E-state index is 12.9. The minimum absolute atomic E-state index is 0.0258. The smallest absolute Gasteiger partial charge is 0.253 e. The number of benzene rings is 3. The van der Waals surface area contributed by atoms with E-state index in [2.05, 4.69) is 0 Å². The number of amides is 1. The first-order valence-electron chi connectivity index (χ1n) is 9.99. The Balaban J connectivity index is 1.79. The molecule has 33 heavy (non-hydrogen) atoms. The molecule has 0 aromatic heterocycles. The molecule has 1 amide bonds. The molecule has 0 fully saturated rings. The quantitative estimate of drug-likeness (QED) is 0.418. The van der Waals surface area contributed by atoms with Gasteiger partial charge in [-0.1, -0.05) is 41.4 Å². The molecule has 0 spiro atoms. The summed E-state index contributed by atoms with van der Waals surface area (Å²) >= 11 is 12.5. The Kier molecular flexibility index (Phi) is 7.89. The number of anilines is 1. The van der Waals surface area contributed by atoms with E-state index in [9.17, 15) is 13.2 Å². The van der Waals surface area contributed by atoms with Crippen molar-refractivity contribution in [3.8, 4) is 5.75 Å². The third-order valence-electron chi connectivity index (χ3n) is 5.09. The molecule has 174 valence electrons. The Morgan fingerprint density at radius 2 is 1.48 bits per heavy atom. The Bertz CT molecular complexity index is 1210. The summed E-state index contributed by atoms with van der Waals surface area (Å²) in [5, 5.41) is 0.756.